The van der Waals surface area contributed by atoms with Crippen LogP contribution in [0.25, 0.3) is 0 Å². The van der Waals surface area contributed by atoms with Gasteiger partial charge in [0.2, 0.25) is 6.41 Å². The van der Waals surface area contributed by atoms with Crippen molar-refractivity contribution in [2.45, 2.75) is 43.2 Å². The van der Waals surface area contributed by atoms with Gasteiger partial charge in [-0.1, -0.05) is 6.07 Å². The molecule has 1 atom stereocenters. The quantitative estimate of drug-likeness (QED) is 0.612. The summed E-state index contributed by atoms with van der Waals surface area (Å²) in [5.41, 5.74) is -0.889. The predicted molar refractivity (Wildman–Crippen MR) is 95.2 cm³/mol. The lowest BCUT2D eigenvalue weighted by Crippen LogP contribution is -2.60. The maximum Gasteiger partial charge on any atom is 0.252 e. The number of halogens is 4. The first-order valence-corrected chi connectivity index (χ1v) is 9.09. The number of nitrogens with zero attached hydrogens (tertiary/aromatic N) is 2. The van der Waals surface area contributed by atoms with Gasteiger partial charge >= 0.3 is 0 Å². The number of aromatic nitrogens is 1. The number of anilines is 1. The van der Waals surface area contributed by atoms with E-state index in [1.165, 1.54) is 6.20 Å². The van der Waals surface area contributed by atoms with Crippen molar-refractivity contribution in [1.29, 1.82) is 0 Å². The molecule has 1 aromatic carbocycles. The third kappa shape index (κ3) is 3.24. The molecule has 0 spiro atoms. The summed E-state index contributed by atoms with van der Waals surface area (Å²) in [5, 5.41) is 2.56. The standard InChI is InChI=1S/C20H17F4N3O2/c21-13-6-14(22)8-16(7-13)27(11-28)20(4-3-12-2-1-5-25-17(12)20)18(29)26-15-9-19(23,24)10-15/h1-2,5-8,11,15H,3-4,9-10H2,(H,26,29). The molecule has 0 aliphatic heterocycles. The second-order valence-corrected chi connectivity index (χ2v) is 7.41. The molecule has 1 aromatic heterocycles. The number of rotatable bonds is 5. The monoisotopic (exact) mass is 407 g/mol. The van der Waals surface area contributed by atoms with Crippen LogP contribution in [0.3, 0.4) is 0 Å². The highest BCUT2D eigenvalue weighted by molar-refractivity contribution is 5.98. The molecule has 2 aliphatic rings. The second-order valence-electron chi connectivity index (χ2n) is 7.41. The maximum atomic E-state index is 13.8. The minimum atomic E-state index is -2.84. The van der Waals surface area contributed by atoms with Crippen LogP contribution in [0.5, 0.6) is 0 Å². The summed E-state index contributed by atoms with van der Waals surface area (Å²) in [4.78, 5) is 30.6. The Labute approximate surface area is 163 Å². The van der Waals surface area contributed by atoms with E-state index < -0.39 is 47.9 Å². The molecule has 2 amide bonds. The molecule has 4 rings (SSSR count). The van der Waals surface area contributed by atoms with Crippen LogP contribution >= 0.6 is 0 Å². The zero-order chi connectivity index (χ0) is 20.8. The molecule has 0 radical (unpaired) electrons. The first-order chi connectivity index (χ1) is 13.7. The molecule has 9 heteroatoms. The molecule has 1 heterocycles. The minimum absolute atomic E-state index is 0.102. The SMILES string of the molecule is O=CN(c1cc(F)cc(F)c1)C1(C(=O)NC2CC(F)(F)C2)CCc2cccnc21. The molecular weight excluding hydrogens is 390 g/mol. The van der Waals surface area contributed by atoms with E-state index >= 15 is 0 Å². The molecule has 2 aliphatic carbocycles. The van der Waals surface area contributed by atoms with Crippen LogP contribution in [0.1, 0.15) is 30.5 Å². The highest BCUT2D eigenvalue weighted by atomic mass is 19.3. The van der Waals surface area contributed by atoms with Crippen molar-refractivity contribution >= 4 is 18.0 Å². The topological polar surface area (TPSA) is 62.3 Å². The van der Waals surface area contributed by atoms with Crippen molar-refractivity contribution in [3.63, 3.8) is 0 Å². The van der Waals surface area contributed by atoms with E-state index in [1.54, 1.807) is 12.1 Å². The average molecular weight is 407 g/mol. The summed E-state index contributed by atoms with van der Waals surface area (Å²) in [6.07, 6.45) is 1.25. The Morgan fingerprint density at radius 2 is 1.90 bits per heavy atom. The van der Waals surface area contributed by atoms with Gasteiger partial charge in [0.1, 0.15) is 11.6 Å². The van der Waals surface area contributed by atoms with E-state index in [1.807, 2.05) is 0 Å². The first-order valence-electron chi connectivity index (χ1n) is 9.09. The van der Waals surface area contributed by atoms with Gasteiger partial charge in [-0.25, -0.2) is 17.6 Å². The molecule has 5 nitrogen and oxygen atoms in total. The van der Waals surface area contributed by atoms with Crippen LogP contribution in [0.2, 0.25) is 0 Å². The number of amides is 2. The van der Waals surface area contributed by atoms with Crippen LogP contribution < -0.4 is 10.2 Å². The van der Waals surface area contributed by atoms with Crippen molar-refractivity contribution in [2.24, 2.45) is 0 Å². The van der Waals surface area contributed by atoms with Gasteiger partial charge in [-0.05, 0) is 36.6 Å². The highest BCUT2D eigenvalue weighted by Gasteiger charge is 2.54. The minimum Gasteiger partial charge on any atom is -0.351 e. The van der Waals surface area contributed by atoms with E-state index in [-0.39, 0.29) is 17.8 Å². The Kier molecular flexibility index (Phi) is 4.55. The number of nitrogens with one attached hydrogen (secondary N) is 1. The van der Waals surface area contributed by atoms with E-state index in [4.69, 9.17) is 0 Å². The molecule has 1 N–H and O–H groups in total. The van der Waals surface area contributed by atoms with Crippen LogP contribution in [-0.4, -0.2) is 29.3 Å². The number of aryl methyl sites for hydroxylation is 1. The third-order valence-corrected chi connectivity index (χ3v) is 5.48. The lowest BCUT2D eigenvalue weighted by Gasteiger charge is -2.41. The smallest absolute Gasteiger partial charge is 0.252 e. The van der Waals surface area contributed by atoms with E-state index in [9.17, 15) is 27.2 Å². The number of fused-ring (bicyclic) bond motifs is 1. The maximum absolute atomic E-state index is 13.8. The lowest BCUT2D eigenvalue weighted by atomic mass is 9.85. The summed E-state index contributed by atoms with van der Waals surface area (Å²) in [5.74, 6) is -5.37. The summed E-state index contributed by atoms with van der Waals surface area (Å²) in [7, 11) is 0. The van der Waals surface area contributed by atoms with Gasteiger partial charge in [0, 0.05) is 31.1 Å². The van der Waals surface area contributed by atoms with Gasteiger partial charge in [0.05, 0.1) is 11.4 Å². The molecule has 0 bridgehead atoms. The number of pyridine rings is 1. The number of carbonyl (C=O) groups excluding carboxylic acids is 2. The Morgan fingerprint density at radius 3 is 2.52 bits per heavy atom. The van der Waals surface area contributed by atoms with E-state index in [0.29, 0.717) is 24.5 Å². The molecule has 1 saturated carbocycles. The first kappa shape index (κ1) is 19.4. The zero-order valence-corrected chi connectivity index (χ0v) is 15.2. The number of benzene rings is 1. The normalized spacial score (nSPS) is 22.5. The van der Waals surface area contributed by atoms with E-state index in [2.05, 4.69) is 10.3 Å². The van der Waals surface area contributed by atoms with Crippen LogP contribution in [0.15, 0.2) is 36.5 Å². The lowest BCUT2D eigenvalue weighted by molar-refractivity contribution is -0.135. The van der Waals surface area contributed by atoms with Crippen LogP contribution in [-0.2, 0) is 21.5 Å². The van der Waals surface area contributed by atoms with Gasteiger partial charge < -0.3 is 5.32 Å². The van der Waals surface area contributed by atoms with Crippen molar-refractivity contribution in [3.8, 4) is 0 Å². The number of carbonyl (C=O) groups is 2. The Hall–Kier alpha value is -2.97. The van der Waals surface area contributed by atoms with Gasteiger partial charge in [-0.15, -0.1) is 0 Å². The fourth-order valence-corrected chi connectivity index (χ4v) is 4.13. The molecule has 29 heavy (non-hydrogen) atoms. The molecule has 1 fully saturated rings. The largest absolute Gasteiger partial charge is 0.351 e. The van der Waals surface area contributed by atoms with Gasteiger partial charge in [0.25, 0.3) is 11.8 Å². The molecular formula is C20H17F4N3O2. The van der Waals surface area contributed by atoms with Crippen LogP contribution in [0.4, 0.5) is 23.2 Å². The summed E-state index contributed by atoms with van der Waals surface area (Å²) < 4.78 is 54.1. The molecule has 1 unspecified atom stereocenters. The Bertz CT molecular complexity index is 956. The second kappa shape index (κ2) is 6.82. The number of hydrogen-bond acceptors (Lipinski definition) is 3. The molecule has 152 valence electrons. The van der Waals surface area contributed by atoms with Gasteiger partial charge in [-0.3, -0.25) is 19.5 Å². The Morgan fingerprint density at radius 1 is 1.21 bits per heavy atom. The zero-order valence-electron chi connectivity index (χ0n) is 15.2. The van der Waals surface area contributed by atoms with Gasteiger partial charge in [0.15, 0.2) is 5.54 Å². The Balaban J connectivity index is 1.78. The van der Waals surface area contributed by atoms with E-state index in [0.717, 1.165) is 17.0 Å². The number of hydrogen-bond donors (Lipinski definition) is 1. The van der Waals surface area contributed by atoms with Crippen LogP contribution in [0, 0.1) is 11.6 Å². The molecule has 2 aromatic rings. The van der Waals surface area contributed by atoms with Gasteiger partial charge in [-0.2, -0.15) is 0 Å². The highest BCUT2D eigenvalue weighted by Crippen LogP contribution is 2.44. The number of alkyl halides is 2. The third-order valence-electron chi connectivity index (χ3n) is 5.48. The molecule has 0 saturated heterocycles. The predicted octanol–water partition coefficient (Wildman–Crippen LogP) is 3.08. The van der Waals surface area contributed by atoms with Crippen molar-refractivity contribution in [1.82, 2.24) is 10.3 Å². The fourth-order valence-electron chi connectivity index (χ4n) is 4.13. The van der Waals surface area contributed by atoms with Crippen molar-refractivity contribution in [2.75, 3.05) is 4.90 Å². The van der Waals surface area contributed by atoms with Crippen molar-refractivity contribution in [3.05, 3.63) is 59.4 Å². The summed E-state index contributed by atoms with van der Waals surface area (Å²) in [6.45, 7) is 0. The summed E-state index contributed by atoms with van der Waals surface area (Å²) in [6, 6.07) is 5.18. The average Bonchev–Trinajstić information content (AvgIpc) is 3.01. The van der Waals surface area contributed by atoms with Crippen molar-refractivity contribution < 1.29 is 27.2 Å². The summed E-state index contributed by atoms with van der Waals surface area (Å²) >= 11 is 0. The fraction of sp³-hybridized carbons (Fsp3) is 0.350.